The molecule has 0 radical (unpaired) electrons. The maximum absolute atomic E-state index is 12.0. The molecule has 25 heavy (non-hydrogen) atoms. The molecule has 2 aromatic rings. The number of amides is 2. The van der Waals surface area contributed by atoms with Gasteiger partial charge in [-0.2, -0.15) is 0 Å². The SMILES string of the molecule is CN(CC(=O)NCc1ccc(-n2ccnc2)cc1)C(=O)OC(C)(C)C. The van der Waals surface area contributed by atoms with Gasteiger partial charge in [0.15, 0.2) is 0 Å². The summed E-state index contributed by atoms with van der Waals surface area (Å²) in [5.41, 5.74) is 1.38. The smallest absolute Gasteiger partial charge is 0.410 e. The van der Waals surface area contributed by atoms with Crippen molar-refractivity contribution in [3.05, 3.63) is 48.5 Å². The number of nitrogens with zero attached hydrogens (tertiary/aromatic N) is 3. The first kappa shape index (κ1) is 18.5. The van der Waals surface area contributed by atoms with Gasteiger partial charge in [0.05, 0.1) is 6.33 Å². The fourth-order valence-electron chi connectivity index (χ4n) is 2.07. The van der Waals surface area contributed by atoms with Gasteiger partial charge in [0, 0.05) is 31.7 Å². The van der Waals surface area contributed by atoms with E-state index >= 15 is 0 Å². The van der Waals surface area contributed by atoms with Gasteiger partial charge in [-0.25, -0.2) is 9.78 Å². The molecule has 2 rings (SSSR count). The van der Waals surface area contributed by atoms with Crippen molar-refractivity contribution >= 4 is 12.0 Å². The number of benzene rings is 1. The highest BCUT2D eigenvalue weighted by Gasteiger charge is 2.20. The van der Waals surface area contributed by atoms with E-state index in [1.165, 1.54) is 11.9 Å². The summed E-state index contributed by atoms with van der Waals surface area (Å²) in [7, 11) is 1.54. The summed E-state index contributed by atoms with van der Waals surface area (Å²) in [4.78, 5) is 29.1. The predicted octanol–water partition coefficient (Wildman–Crippen LogP) is 2.36. The summed E-state index contributed by atoms with van der Waals surface area (Å²) >= 11 is 0. The monoisotopic (exact) mass is 344 g/mol. The van der Waals surface area contributed by atoms with E-state index < -0.39 is 11.7 Å². The molecule has 2 amide bonds. The molecule has 0 unspecified atom stereocenters. The Morgan fingerprint density at radius 1 is 1.24 bits per heavy atom. The Balaban J connectivity index is 1.80. The largest absolute Gasteiger partial charge is 0.444 e. The van der Waals surface area contributed by atoms with Crippen molar-refractivity contribution in [3.8, 4) is 5.69 Å². The van der Waals surface area contributed by atoms with Crippen LogP contribution in [0.5, 0.6) is 0 Å². The second kappa shape index (κ2) is 7.83. The minimum absolute atomic E-state index is 0.0535. The minimum Gasteiger partial charge on any atom is -0.444 e. The van der Waals surface area contributed by atoms with Crippen molar-refractivity contribution in [2.45, 2.75) is 32.9 Å². The Labute approximate surface area is 147 Å². The topological polar surface area (TPSA) is 76.5 Å². The lowest BCUT2D eigenvalue weighted by atomic mass is 10.2. The summed E-state index contributed by atoms with van der Waals surface area (Å²) in [6, 6.07) is 7.78. The van der Waals surface area contributed by atoms with Gasteiger partial charge in [0.2, 0.25) is 5.91 Å². The van der Waals surface area contributed by atoms with Crippen LogP contribution in [0.15, 0.2) is 43.0 Å². The molecule has 0 atom stereocenters. The number of aromatic nitrogens is 2. The highest BCUT2D eigenvalue weighted by Crippen LogP contribution is 2.10. The molecule has 0 saturated carbocycles. The quantitative estimate of drug-likeness (QED) is 0.903. The Morgan fingerprint density at radius 3 is 2.48 bits per heavy atom. The summed E-state index contributed by atoms with van der Waals surface area (Å²) in [6.45, 7) is 5.69. The zero-order valence-corrected chi connectivity index (χ0v) is 15.0. The Bertz CT molecular complexity index is 703. The van der Waals surface area contributed by atoms with Gasteiger partial charge in [0.25, 0.3) is 0 Å². The Morgan fingerprint density at radius 2 is 1.92 bits per heavy atom. The first-order valence-electron chi connectivity index (χ1n) is 8.03. The Kier molecular flexibility index (Phi) is 5.80. The lowest BCUT2D eigenvalue weighted by Crippen LogP contribution is -2.40. The van der Waals surface area contributed by atoms with Gasteiger partial charge in [0.1, 0.15) is 12.1 Å². The average molecular weight is 344 g/mol. The molecular weight excluding hydrogens is 320 g/mol. The molecule has 7 heteroatoms. The zero-order valence-electron chi connectivity index (χ0n) is 15.0. The number of carbonyl (C=O) groups excluding carboxylic acids is 2. The average Bonchev–Trinajstić information content (AvgIpc) is 3.06. The summed E-state index contributed by atoms with van der Waals surface area (Å²) < 4.78 is 7.11. The van der Waals surface area contributed by atoms with Crippen LogP contribution in [0.25, 0.3) is 5.69 Å². The number of nitrogens with one attached hydrogen (secondary N) is 1. The molecule has 1 aromatic heterocycles. The lowest BCUT2D eigenvalue weighted by Gasteiger charge is -2.24. The van der Waals surface area contributed by atoms with Crippen molar-refractivity contribution in [2.75, 3.05) is 13.6 Å². The molecule has 0 aliphatic carbocycles. The van der Waals surface area contributed by atoms with Crippen molar-refractivity contribution in [1.29, 1.82) is 0 Å². The fourth-order valence-corrected chi connectivity index (χ4v) is 2.07. The molecule has 0 spiro atoms. The van der Waals surface area contributed by atoms with E-state index in [1.54, 1.807) is 33.3 Å². The molecule has 0 fully saturated rings. The van der Waals surface area contributed by atoms with Gasteiger partial charge >= 0.3 is 6.09 Å². The van der Waals surface area contributed by atoms with Gasteiger partial charge in [-0.3, -0.25) is 4.79 Å². The second-order valence-corrected chi connectivity index (χ2v) is 6.75. The molecule has 0 aliphatic heterocycles. The van der Waals surface area contributed by atoms with Crippen LogP contribution in [0.2, 0.25) is 0 Å². The van der Waals surface area contributed by atoms with Gasteiger partial charge in [-0.15, -0.1) is 0 Å². The van der Waals surface area contributed by atoms with E-state index in [0.717, 1.165) is 11.3 Å². The van der Waals surface area contributed by atoms with E-state index in [2.05, 4.69) is 10.3 Å². The molecule has 1 heterocycles. The third-order valence-electron chi connectivity index (χ3n) is 3.31. The van der Waals surface area contributed by atoms with Crippen LogP contribution in [0.3, 0.4) is 0 Å². The highest BCUT2D eigenvalue weighted by molar-refractivity contribution is 5.82. The number of hydrogen-bond acceptors (Lipinski definition) is 4. The fraction of sp³-hybridized carbons (Fsp3) is 0.389. The summed E-state index contributed by atoms with van der Waals surface area (Å²) in [5.74, 6) is -0.243. The number of likely N-dealkylation sites (N-methyl/N-ethyl adjacent to an activating group) is 1. The van der Waals surface area contributed by atoms with E-state index in [0.29, 0.717) is 6.54 Å². The molecule has 0 bridgehead atoms. The van der Waals surface area contributed by atoms with Gasteiger partial charge in [-0.1, -0.05) is 12.1 Å². The highest BCUT2D eigenvalue weighted by atomic mass is 16.6. The zero-order chi connectivity index (χ0) is 18.4. The molecule has 0 aliphatic rings. The van der Waals surface area contributed by atoms with Crippen molar-refractivity contribution in [2.24, 2.45) is 0 Å². The third-order valence-corrected chi connectivity index (χ3v) is 3.31. The van der Waals surface area contributed by atoms with Crippen LogP contribution in [-0.4, -0.2) is 45.6 Å². The molecule has 0 saturated heterocycles. The molecule has 134 valence electrons. The van der Waals surface area contributed by atoms with Crippen molar-refractivity contribution in [3.63, 3.8) is 0 Å². The van der Waals surface area contributed by atoms with Crippen LogP contribution < -0.4 is 5.32 Å². The Hall–Kier alpha value is -2.83. The van der Waals surface area contributed by atoms with Crippen LogP contribution in [-0.2, 0) is 16.1 Å². The van der Waals surface area contributed by atoms with Crippen molar-refractivity contribution < 1.29 is 14.3 Å². The van der Waals surface area contributed by atoms with Crippen molar-refractivity contribution in [1.82, 2.24) is 19.8 Å². The predicted molar refractivity (Wildman–Crippen MR) is 94.3 cm³/mol. The first-order chi connectivity index (χ1) is 11.7. The molecule has 1 N–H and O–H groups in total. The minimum atomic E-state index is -0.585. The summed E-state index contributed by atoms with van der Waals surface area (Å²) in [6.07, 6.45) is 4.79. The van der Waals surface area contributed by atoms with Gasteiger partial charge in [-0.05, 0) is 38.5 Å². The standard InChI is InChI=1S/C18H24N4O3/c1-18(2,3)25-17(24)21(4)12-16(23)20-11-14-5-7-15(8-6-14)22-10-9-19-13-22/h5-10,13H,11-12H2,1-4H3,(H,20,23). The first-order valence-corrected chi connectivity index (χ1v) is 8.03. The molecule has 1 aromatic carbocycles. The second-order valence-electron chi connectivity index (χ2n) is 6.75. The molecule has 7 nitrogen and oxygen atoms in total. The number of imidazole rings is 1. The number of hydrogen-bond donors (Lipinski definition) is 1. The lowest BCUT2D eigenvalue weighted by molar-refractivity contribution is -0.122. The summed E-state index contributed by atoms with van der Waals surface area (Å²) in [5, 5.41) is 2.79. The van der Waals surface area contributed by atoms with E-state index in [-0.39, 0.29) is 12.5 Å². The molecular formula is C18H24N4O3. The van der Waals surface area contributed by atoms with Crippen LogP contribution in [0, 0.1) is 0 Å². The van der Waals surface area contributed by atoms with E-state index in [1.807, 2.05) is 35.0 Å². The van der Waals surface area contributed by atoms with E-state index in [9.17, 15) is 9.59 Å². The van der Waals surface area contributed by atoms with Crippen LogP contribution in [0.1, 0.15) is 26.3 Å². The third kappa shape index (κ3) is 5.95. The number of rotatable bonds is 5. The van der Waals surface area contributed by atoms with Crippen LogP contribution in [0.4, 0.5) is 4.79 Å². The maximum Gasteiger partial charge on any atom is 0.410 e. The normalized spacial score (nSPS) is 11.0. The number of ether oxygens (including phenoxy) is 1. The van der Waals surface area contributed by atoms with E-state index in [4.69, 9.17) is 4.74 Å². The number of carbonyl (C=O) groups is 2. The maximum atomic E-state index is 12.0. The van der Waals surface area contributed by atoms with Gasteiger partial charge < -0.3 is 19.5 Å². The van der Waals surface area contributed by atoms with Crippen LogP contribution >= 0.6 is 0 Å².